The van der Waals surface area contributed by atoms with Crippen LogP contribution in [-0.2, 0) is 10.3 Å². The van der Waals surface area contributed by atoms with Crippen LogP contribution in [0.15, 0.2) is 0 Å². The lowest BCUT2D eigenvalue weighted by Crippen LogP contribution is -2.28. The quantitative estimate of drug-likeness (QED) is 0.580. The van der Waals surface area contributed by atoms with Gasteiger partial charge in [0.05, 0.1) is 9.26 Å². The second-order valence-electron chi connectivity index (χ2n) is 5.10. The van der Waals surface area contributed by atoms with E-state index in [-0.39, 0.29) is 5.60 Å². The lowest BCUT2D eigenvalue weighted by atomic mass is 10.0. The van der Waals surface area contributed by atoms with Gasteiger partial charge in [-0.1, -0.05) is 25.4 Å². The van der Waals surface area contributed by atoms with Crippen LogP contribution in [-0.4, -0.2) is 17.1 Å². The third-order valence-corrected chi connectivity index (χ3v) is 5.25. The molecule has 0 N–H and O–H groups in total. The summed E-state index contributed by atoms with van der Waals surface area (Å²) in [6.07, 6.45) is 4.30. The minimum absolute atomic E-state index is 0.322. The van der Waals surface area contributed by atoms with Crippen LogP contribution in [0.5, 0.6) is 0 Å². The summed E-state index contributed by atoms with van der Waals surface area (Å²) in [7, 11) is 1.75. The van der Waals surface area contributed by atoms with Crippen molar-refractivity contribution < 1.29 is 4.74 Å². The van der Waals surface area contributed by atoms with Crippen molar-refractivity contribution in [2.75, 3.05) is 7.11 Å². The third-order valence-electron chi connectivity index (χ3n) is 3.59. The third kappa shape index (κ3) is 2.51. The summed E-state index contributed by atoms with van der Waals surface area (Å²) in [5.74, 6) is 1.10. The van der Waals surface area contributed by atoms with Gasteiger partial charge in [-0.25, -0.2) is 9.97 Å². The van der Waals surface area contributed by atoms with Crippen LogP contribution >= 0.6 is 34.2 Å². The molecule has 1 heterocycles. The van der Waals surface area contributed by atoms with Gasteiger partial charge in [-0.05, 0) is 54.2 Å². The number of aromatic nitrogens is 2. The fourth-order valence-corrected chi connectivity index (χ4v) is 3.53. The van der Waals surface area contributed by atoms with Gasteiger partial charge in [-0.15, -0.1) is 0 Å². The first kappa shape index (κ1) is 14.5. The Morgan fingerprint density at radius 3 is 2.39 bits per heavy atom. The molecule has 0 spiro atoms. The van der Waals surface area contributed by atoms with E-state index >= 15 is 0 Å². The summed E-state index contributed by atoms with van der Waals surface area (Å²) >= 11 is 8.47. The molecule has 0 aliphatic heterocycles. The van der Waals surface area contributed by atoms with E-state index in [1.807, 2.05) is 0 Å². The molecular formula is C13H18ClIN2O. The van der Waals surface area contributed by atoms with E-state index in [4.69, 9.17) is 21.3 Å². The van der Waals surface area contributed by atoms with Gasteiger partial charge in [0.2, 0.25) is 0 Å². The largest absolute Gasteiger partial charge is 0.370 e. The second kappa shape index (κ2) is 5.59. The van der Waals surface area contributed by atoms with E-state index in [0.717, 1.165) is 40.8 Å². The van der Waals surface area contributed by atoms with Crippen molar-refractivity contribution >= 4 is 34.2 Å². The maximum absolute atomic E-state index is 6.25. The van der Waals surface area contributed by atoms with Gasteiger partial charge in [0.1, 0.15) is 10.8 Å². The summed E-state index contributed by atoms with van der Waals surface area (Å²) in [5, 5.41) is 0.549. The van der Waals surface area contributed by atoms with Gasteiger partial charge in [0.15, 0.2) is 5.82 Å². The van der Waals surface area contributed by atoms with E-state index < -0.39 is 0 Å². The van der Waals surface area contributed by atoms with Crippen LogP contribution < -0.4 is 0 Å². The van der Waals surface area contributed by atoms with Crippen LogP contribution in [0.4, 0.5) is 0 Å². The first-order valence-corrected chi connectivity index (χ1v) is 7.74. The molecule has 1 aromatic rings. The molecule has 1 aliphatic rings. The average molecular weight is 381 g/mol. The maximum Gasteiger partial charge on any atom is 0.162 e. The molecule has 1 aliphatic carbocycles. The molecule has 100 valence electrons. The molecule has 5 heteroatoms. The van der Waals surface area contributed by atoms with Crippen molar-refractivity contribution in [2.24, 2.45) is 0 Å². The molecule has 3 nitrogen and oxygen atoms in total. The predicted molar refractivity (Wildman–Crippen MR) is 81.0 cm³/mol. The van der Waals surface area contributed by atoms with Gasteiger partial charge in [-0.2, -0.15) is 0 Å². The van der Waals surface area contributed by atoms with Crippen molar-refractivity contribution in [1.82, 2.24) is 9.97 Å². The van der Waals surface area contributed by atoms with E-state index in [9.17, 15) is 0 Å². The van der Waals surface area contributed by atoms with E-state index in [0.29, 0.717) is 11.1 Å². The molecule has 0 radical (unpaired) electrons. The van der Waals surface area contributed by atoms with Crippen LogP contribution in [0, 0.1) is 3.57 Å². The number of hydrogen-bond acceptors (Lipinski definition) is 3. The molecule has 0 saturated heterocycles. The predicted octanol–water partition coefficient (Wildman–Crippen LogP) is 4.27. The lowest BCUT2D eigenvalue weighted by Gasteiger charge is -2.26. The number of methoxy groups -OCH3 is 1. The molecule has 1 aromatic heterocycles. The Kier molecular flexibility index (Phi) is 4.49. The van der Waals surface area contributed by atoms with Crippen molar-refractivity contribution in [3.05, 3.63) is 20.2 Å². The van der Waals surface area contributed by atoms with E-state index in [1.54, 1.807) is 7.11 Å². The molecule has 1 fully saturated rings. The van der Waals surface area contributed by atoms with Crippen molar-refractivity contribution in [1.29, 1.82) is 0 Å². The highest BCUT2D eigenvalue weighted by Gasteiger charge is 2.39. The van der Waals surface area contributed by atoms with Crippen molar-refractivity contribution in [2.45, 2.75) is 51.0 Å². The first-order valence-electron chi connectivity index (χ1n) is 6.29. The molecule has 0 amide bonds. The smallest absolute Gasteiger partial charge is 0.162 e. The van der Waals surface area contributed by atoms with Crippen LogP contribution in [0.25, 0.3) is 0 Å². The average Bonchev–Trinajstić information content (AvgIpc) is 2.82. The molecule has 0 bridgehead atoms. The molecular weight excluding hydrogens is 363 g/mol. The lowest BCUT2D eigenvalue weighted by molar-refractivity contribution is -0.0165. The van der Waals surface area contributed by atoms with Gasteiger partial charge in [0, 0.05) is 7.11 Å². The Morgan fingerprint density at radius 2 is 1.89 bits per heavy atom. The molecule has 18 heavy (non-hydrogen) atoms. The van der Waals surface area contributed by atoms with Gasteiger partial charge in [-0.3, -0.25) is 0 Å². The molecule has 0 unspecified atom stereocenters. The Morgan fingerprint density at radius 1 is 1.28 bits per heavy atom. The minimum atomic E-state index is -0.322. The van der Waals surface area contributed by atoms with Gasteiger partial charge >= 0.3 is 0 Å². The maximum atomic E-state index is 6.25. The van der Waals surface area contributed by atoms with Crippen LogP contribution in [0.3, 0.4) is 0 Å². The Bertz CT molecular complexity index is 445. The second-order valence-corrected chi connectivity index (χ2v) is 6.53. The number of nitrogens with zero attached hydrogens (tertiary/aromatic N) is 2. The fraction of sp³-hybridized carbons (Fsp3) is 0.692. The summed E-state index contributed by atoms with van der Waals surface area (Å²) in [4.78, 5) is 9.19. The normalized spacial score (nSPS) is 18.6. The highest BCUT2D eigenvalue weighted by atomic mass is 127. The topological polar surface area (TPSA) is 35.0 Å². The minimum Gasteiger partial charge on any atom is -0.370 e. The molecule has 1 saturated carbocycles. The number of ether oxygens (including phenoxy) is 1. The molecule has 0 atom stereocenters. The standard InChI is InChI=1S/C13H18ClIN2O/c1-8(2)10-9(15)11(14)17-12(16-10)13(18-3)6-4-5-7-13/h8H,4-7H2,1-3H3. The summed E-state index contributed by atoms with van der Waals surface area (Å²) in [5.41, 5.74) is 0.700. The SMILES string of the molecule is COC1(c2nc(Cl)c(I)c(C(C)C)n2)CCCC1. The van der Waals surface area contributed by atoms with Gasteiger partial charge in [0.25, 0.3) is 0 Å². The zero-order chi connectivity index (χ0) is 13.3. The fourth-order valence-electron chi connectivity index (χ4n) is 2.49. The Balaban J connectivity index is 2.51. The number of halogens is 2. The summed E-state index contributed by atoms with van der Waals surface area (Å²) in [6, 6.07) is 0. The molecule has 2 rings (SSSR count). The van der Waals surface area contributed by atoms with Crippen LogP contribution in [0.2, 0.25) is 5.15 Å². The van der Waals surface area contributed by atoms with E-state index in [1.165, 1.54) is 0 Å². The van der Waals surface area contributed by atoms with Crippen molar-refractivity contribution in [3.8, 4) is 0 Å². The Hall–Kier alpha value is 0.0600. The van der Waals surface area contributed by atoms with E-state index in [2.05, 4.69) is 41.4 Å². The number of rotatable bonds is 3. The number of hydrogen-bond donors (Lipinski definition) is 0. The first-order chi connectivity index (χ1) is 8.50. The van der Waals surface area contributed by atoms with Crippen LogP contribution in [0.1, 0.15) is 57.0 Å². The van der Waals surface area contributed by atoms with Gasteiger partial charge < -0.3 is 4.74 Å². The monoisotopic (exact) mass is 380 g/mol. The Labute approximate surface area is 127 Å². The summed E-state index contributed by atoms with van der Waals surface area (Å²) in [6.45, 7) is 4.25. The zero-order valence-electron chi connectivity index (χ0n) is 11.0. The highest BCUT2D eigenvalue weighted by molar-refractivity contribution is 14.1. The van der Waals surface area contributed by atoms with Crippen molar-refractivity contribution in [3.63, 3.8) is 0 Å². The highest BCUT2D eigenvalue weighted by Crippen LogP contribution is 2.41. The zero-order valence-corrected chi connectivity index (χ0v) is 13.9. The summed E-state index contributed by atoms with van der Waals surface area (Å²) < 4.78 is 6.68. The molecule has 0 aromatic carbocycles.